The maximum Gasteiger partial charge on any atom is 0.160 e. The highest BCUT2D eigenvalue weighted by molar-refractivity contribution is 6.15. The van der Waals surface area contributed by atoms with Crippen LogP contribution in [0.5, 0.6) is 0 Å². The van der Waals surface area contributed by atoms with Crippen molar-refractivity contribution in [3.05, 3.63) is 273 Å². The lowest BCUT2D eigenvalue weighted by molar-refractivity contribution is 1.15. The van der Waals surface area contributed by atoms with Gasteiger partial charge in [0.05, 0.1) is 50.2 Å². The minimum absolute atomic E-state index is 0.678. The van der Waals surface area contributed by atoms with Gasteiger partial charge in [0.2, 0.25) is 0 Å². The number of benzene rings is 11. The van der Waals surface area contributed by atoms with Crippen LogP contribution in [0.2, 0.25) is 0 Å². The van der Waals surface area contributed by atoms with Crippen molar-refractivity contribution in [3.63, 3.8) is 0 Å². The maximum atomic E-state index is 5.41. The molecule has 15 rings (SSSR count). The highest BCUT2D eigenvalue weighted by Gasteiger charge is 2.25. The average molecular weight is 956 g/mol. The molecule has 0 atom stereocenters. The van der Waals surface area contributed by atoms with E-state index in [9.17, 15) is 0 Å². The van der Waals surface area contributed by atoms with Crippen LogP contribution in [0.15, 0.2) is 273 Å². The molecule has 5 heteroatoms. The molecular formula is C70H45N5. The molecule has 0 saturated heterocycles. The van der Waals surface area contributed by atoms with Gasteiger partial charge < -0.3 is 13.7 Å². The molecule has 0 aliphatic rings. The van der Waals surface area contributed by atoms with Gasteiger partial charge in [-0.15, -0.1) is 0 Å². The fourth-order valence-corrected chi connectivity index (χ4v) is 11.7. The molecule has 5 nitrogen and oxygen atoms in total. The van der Waals surface area contributed by atoms with E-state index < -0.39 is 0 Å². The van der Waals surface area contributed by atoms with Crippen molar-refractivity contribution in [2.75, 3.05) is 0 Å². The van der Waals surface area contributed by atoms with Crippen molar-refractivity contribution in [1.82, 2.24) is 23.7 Å². The fourth-order valence-electron chi connectivity index (χ4n) is 11.7. The molecule has 0 unspecified atom stereocenters. The second-order valence-corrected chi connectivity index (χ2v) is 19.3. The summed E-state index contributed by atoms with van der Waals surface area (Å²) in [7, 11) is 0. The van der Waals surface area contributed by atoms with Crippen molar-refractivity contribution in [2.45, 2.75) is 0 Å². The molecule has 0 amide bonds. The quantitative estimate of drug-likeness (QED) is 0.152. The Labute approximate surface area is 433 Å². The molecule has 15 aromatic rings. The zero-order valence-electron chi connectivity index (χ0n) is 40.7. The Hall–Kier alpha value is -10.1. The number of aromatic nitrogens is 5. The maximum absolute atomic E-state index is 5.41. The number of hydrogen-bond donors (Lipinski definition) is 0. The van der Waals surface area contributed by atoms with Crippen LogP contribution in [0.4, 0.5) is 0 Å². The van der Waals surface area contributed by atoms with E-state index in [1.54, 1.807) is 0 Å². The Kier molecular flexibility index (Phi) is 9.82. The molecule has 0 bridgehead atoms. The van der Waals surface area contributed by atoms with Crippen LogP contribution in [-0.2, 0) is 0 Å². The first-order valence-electron chi connectivity index (χ1n) is 25.6. The summed E-state index contributed by atoms with van der Waals surface area (Å²) in [6, 6.07) is 98.5. The van der Waals surface area contributed by atoms with Gasteiger partial charge in [-0.1, -0.05) is 200 Å². The average Bonchev–Trinajstić information content (AvgIpc) is 4.13. The predicted octanol–water partition coefficient (Wildman–Crippen LogP) is 18.1. The molecule has 4 heterocycles. The van der Waals surface area contributed by atoms with Gasteiger partial charge in [0, 0.05) is 71.5 Å². The number of para-hydroxylation sites is 4. The summed E-state index contributed by atoms with van der Waals surface area (Å²) in [5.74, 6) is 0.678. The molecule has 75 heavy (non-hydrogen) atoms. The number of rotatable bonds is 8. The van der Waals surface area contributed by atoms with Crippen LogP contribution in [-0.4, -0.2) is 23.7 Å². The zero-order chi connectivity index (χ0) is 49.4. The van der Waals surface area contributed by atoms with Crippen LogP contribution in [0.1, 0.15) is 0 Å². The highest BCUT2D eigenvalue weighted by atomic mass is 15.0. The van der Waals surface area contributed by atoms with Crippen LogP contribution in [0.3, 0.4) is 0 Å². The molecule has 0 spiro atoms. The van der Waals surface area contributed by atoms with Gasteiger partial charge in [0.25, 0.3) is 0 Å². The van der Waals surface area contributed by atoms with Crippen LogP contribution < -0.4 is 0 Å². The van der Waals surface area contributed by atoms with Gasteiger partial charge in [0.15, 0.2) is 5.82 Å². The smallest absolute Gasteiger partial charge is 0.160 e. The van der Waals surface area contributed by atoms with E-state index in [0.29, 0.717) is 5.82 Å². The number of nitrogens with zero attached hydrogens (tertiary/aromatic N) is 5. The van der Waals surface area contributed by atoms with Crippen molar-refractivity contribution in [1.29, 1.82) is 0 Å². The summed E-state index contributed by atoms with van der Waals surface area (Å²) in [5, 5.41) is 7.26. The number of hydrogen-bond acceptors (Lipinski definition) is 2. The molecule has 350 valence electrons. The Bertz CT molecular complexity index is 4460. The summed E-state index contributed by atoms with van der Waals surface area (Å²) >= 11 is 0. The summed E-state index contributed by atoms with van der Waals surface area (Å²) in [5.41, 5.74) is 19.3. The lowest BCUT2D eigenvalue weighted by Crippen LogP contribution is -2.03. The van der Waals surface area contributed by atoms with Gasteiger partial charge in [-0.2, -0.15) is 0 Å². The van der Waals surface area contributed by atoms with E-state index in [-0.39, 0.29) is 0 Å². The SMILES string of the molecule is c1ccc(-c2cc(-c3cc(-c4ccccc4)c(-n4c5ccc(-n6c7ccccc7c7ccccc76)cc5c5ccc(-n6c7ccccc7c7ccccc76)cc54)c(-c4ccccc4)c3)nc(-c3ccccc3)n2)cc1. The van der Waals surface area contributed by atoms with E-state index in [0.717, 1.165) is 89.2 Å². The van der Waals surface area contributed by atoms with E-state index in [2.05, 4.69) is 262 Å². The van der Waals surface area contributed by atoms with Gasteiger partial charge >= 0.3 is 0 Å². The number of fused-ring (bicyclic) bond motifs is 9. The molecule has 4 aromatic heterocycles. The van der Waals surface area contributed by atoms with E-state index in [1.807, 2.05) is 24.3 Å². The first-order chi connectivity index (χ1) is 37.2. The Morgan fingerprint density at radius 3 is 1.09 bits per heavy atom. The summed E-state index contributed by atoms with van der Waals surface area (Å²) < 4.78 is 7.39. The van der Waals surface area contributed by atoms with Crippen LogP contribution in [0.25, 0.3) is 139 Å². The second-order valence-electron chi connectivity index (χ2n) is 19.3. The lowest BCUT2D eigenvalue weighted by atomic mass is 9.91. The third kappa shape index (κ3) is 6.93. The standard InChI is InChI=1S/C70H45N5/c1-5-21-46(22-6-1)58-41-50(62-45-61(48-25-9-3-10-26-48)71-70(72-62)49-27-11-4-12-28-49)42-59(47-23-7-2-8-24-47)69(58)75-67-40-38-51(73-63-33-17-13-29-53(63)54-30-14-18-34-64(54)73)43-60(67)57-39-37-52(44-68(57)75)74-65-35-19-15-31-55(65)56-32-16-20-36-66(56)74/h1-45H. The van der Waals surface area contributed by atoms with Gasteiger partial charge in [-0.05, 0) is 83.9 Å². The summed E-state index contributed by atoms with van der Waals surface area (Å²) in [4.78, 5) is 10.6. The molecule has 0 saturated carbocycles. The lowest BCUT2D eigenvalue weighted by Gasteiger charge is -2.21. The first kappa shape index (κ1) is 42.6. The fraction of sp³-hybridized carbons (Fsp3) is 0. The molecule has 0 aliphatic carbocycles. The first-order valence-corrected chi connectivity index (χ1v) is 25.6. The molecule has 0 radical (unpaired) electrons. The van der Waals surface area contributed by atoms with Crippen LogP contribution >= 0.6 is 0 Å². The third-order valence-electron chi connectivity index (χ3n) is 15.0. The Morgan fingerprint density at radius 1 is 0.227 bits per heavy atom. The minimum atomic E-state index is 0.678. The molecule has 11 aromatic carbocycles. The molecular weight excluding hydrogens is 911 g/mol. The minimum Gasteiger partial charge on any atom is -0.309 e. The van der Waals surface area contributed by atoms with Crippen LogP contribution in [0, 0.1) is 0 Å². The normalized spacial score (nSPS) is 11.7. The molecule has 0 aliphatic heterocycles. The van der Waals surface area contributed by atoms with E-state index >= 15 is 0 Å². The van der Waals surface area contributed by atoms with Crippen molar-refractivity contribution in [2.24, 2.45) is 0 Å². The predicted molar refractivity (Wildman–Crippen MR) is 312 cm³/mol. The van der Waals surface area contributed by atoms with Crippen molar-refractivity contribution in [3.8, 4) is 73.2 Å². The largest absolute Gasteiger partial charge is 0.309 e. The Balaban J connectivity index is 1.07. The van der Waals surface area contributed by atoms with E-state index in [1.165, 1.54) is 43.6 Å². The second kappa shape index (κ2) is 17.3. The van der Waals surface area contributed by atoms with E-state index in [4.69, 9.17) is 9.97 Å². The summed E-state index contributed by atoms with van der Waals surface area (Å²) in [6.45, 7) is 0. The highest BCUT2D eigenvalue weighted by Crippen LogP contribution is 2.46. The zero-order valence-corrected chi connectivity index (χ0v) is 40.7. The van der Waals surface area contributed by atoms with Crippen molar-refractivity contribution < 1.29 is 0 Å². The van der Waals surface area contributed by atoms with Crippen molar-refractivity contribution >= 4 is 65.4 Å². The van der Waals surface area contributed by atoms with Gasteiger partial charge in [-0.3, -0.25) is 0 Å². The third-order valence-corrected chi connectivity index (χ3v) is 15.0. The molecule has 0 N–H and O–H groups in total. The topological polar surface area (TPSA) is 40.6 Å². The monoisotopic (exact) mass is 955 g/mol. The molecule has 0 fully saturated rings. The van der Waals surface area contributed by atoms with Gasteiger partial charge in [-0.25, -0.2) is 9.97 Å². The summed E-state index contributed by atoms with van der Waals surface area (Å²) in [6.07, 6.45) is 0. The Morgan fingerprint density at radius 2 is 0.600 bits per heavy atom. The van der Waals surface area contributed by atoms with Gasteiger partial charge in [0.1, 0.15) is 0 Å².